The molecule has 7 heteroatoms. The molecule has 25 heavy (non-hydrogen) atoms. The summed E-state index contributed by atoms with van der Waals surface area (Å²) < 4.78 is 10.8. The van der Waals surface area contributed by atoms with Crippen LogP contribution in [0.4, 0.5) is 0 Å². The molecule has 0 spiro atoms. The van der Waals surface area contributed by atoms with Crippen molar-refractivity contribution < 1.29 is 14.1 Å². The van der Waals surface area contributed by atoms with Gasteiger partial charge in [0, 0.05) is 24.1 Å². The molecule has 7 nitrogen and oxygen atoms in total. The lowest BCUT2D eigenvalue weighted by Crippen LogP contribution is -2.43. The van der Waals surface area contributed by atoms with E-state index in [1.54, 1.807) is 6.92 Å². The van der Waals surface area contributed by atoms with Crippen LogP contribution in [0.2, 0.25) is 0 Å². The van der Waals surface area contributed by atoms with Crippen molar-refractivity contribution in [2.75, 3.05) is 13.2 Å². The summed E-state index contributed by atoms with van der Waals surface area (Å²) in [4.78, 5) is 27.7. The second-order valence-electron chi connectivity index (χ2n) is 6.72. The smallest absolute Gasteiger partial charge is 0.261 e. The van der Waals surface area contributed by atoms with Gasteiger partial charge in [0.2, 0.25) is 0 Å². The number of aryl methyl sites for hydroxylation is 2. The van der Waals surface area contributed by atoms with Gasteiger partial charge in [-0.15, -0.1) is 0 Å². The van der Waals surface area contributed by atoms with E-state index in [-0.39, 0.29) is 29.0 Å². The van der Waals surface area contributed by atoms with Crippen LogP contribution in [0.3, 0.4) is 0 Å². The molecule has 2 aromatic rings. The van der Waals surface area contributed by atoms with E-state index in [2.05, 4.69) is 15.5 Å². The van der Waals surface area contributed by atoms with E-state index in [1.807, 2.05) is 26.8 Å². The number of H-pyrrole nitrogens is 1. The molecule has 0 saturated carbocycles. The Morgan fingerprint density at radius 1 is 1.28 bits per heavy atom. The largest absolute Gasteiger partial charge is 0.379 e. The van der Waals surface area contributed by atoms with E-state index < -0.39 is 0 Å². The number of carbonyl (C=O) groups is 1. The molecule has 3 heterocycles. The van der Waals surface area contributed by atoms with Crippen molar-refractivity contribution in [1.29, 1.82) is 0 Å². The fraction of sp³-hybridized carbons (Fsp3) is 0.500. The molecule has 0 bridgehead atoms. The van der Waals surface area contributed by atoms with Crippen molar-refractivity contribution in [3.8, 4) is 0 Å². The summed E-state index contributed by atoms with van der Waals surface area (Å²) in [5.41, 5.74) is 3.04. The lowest BCUT2D eigenvalue weighted by Gasteiger charge is -2.19. The van der Waals surface area contributed by atoms with Crippen LogP contribution in [0.25, 0.3) is 0 Å². The molecule has 0 radical (unpaired) electrons. The number of rotatable bonds is 4. The van der Waals surface area contributed by atoms with Crippen LogP contribution in [0, 0.1) is 33.6 Å². The molecule has 1 saturated heterocycles. The number of ether oxygens (including phenoxy) is 1. The van der Waals surface area contributed by atoms with Crippen LogP contribution in [-0.2, 0) is 11.2 Å². The van der Waals surface area contributed by atoms with Crippen LogP contribution in [-0.4, -0.2) is 35.3 Å². The quantitative estimate of drug-likeness (QED) is 0.877. The molecular weight excluding hydrogens is 322 g/mol. The number of aromatic amines is 1. The van der Waals surface area contributed by atoms with Gasteiger partial charge in [0.05, 0.1) is 24.9 Å². The van der Waals surface area contributed by atoms with Gasteiger partial charge in [0.25, 0.3) is 11.5 Å². The average molecular weight is 345 g/mol. The summed E-state index contributed by atoms with van der Waals surface area (Å²) in [5, 5.41) is 6.84. The van der Waals surface area contributed by atoms with E-state index in [1.165, 1.54) is 0 Å². The Balaban J connectivity index is 1.76. The molecule has 1 fully saturated rings. The van der Waals surface area contributed by atoms with Crippen LogP contribution >= 0.6 is 0 Å². The van der Waals surface area contributed by atoms with Gasteiger partial charge < -0.3 is 19.6 Å². The van der Waals surface area contributed by atoms with Crippen LogP contribution in [0.15, 0.2) is 15.4 Å². The summed E-state index contributed by atoms with van der Waals surface area (Å²) in [6.07, 6.45) is 0.633. The Morgan fingerprint density at radius 2 is 2.04 bits per heavy atom. The van der Waals surface area contributed by atoms with Gasteiger partial charge in [-0.3, -0.25) is 9.59 Å². The van der Waals surface area contributed by atoms with Crippen molar-refractivity contribution in [2.45, 2.75) is 40.2 Å². The first-order chi connectivity index (χ1) is 11.9. The lowest BCUT2D eigenvalue weighted by molar-refractivity contribution is 0.0922. The van der Waals surface area contributed by atoms with Crippen molar-refractivity contribution in [3.63, 3.8) is 0 Å². The third-order valence-electron chi connectivity index (χ3n) is 4.91. The molecule has 0 unspecified atom stereocenters. The molecule has 1 aliphatic rings. The van der Waals surface area contributed by atoms with Crippen molar-refractivity contribution in [1.82, 2.24) is 15.5 Å². The fourth-order valence-electron chi connectivity index (χ4n) is 3.21. The monoisotopic (exact) mass is 345 g/mol. The number of hydrogen-bond acceptors (Lipinski definition) is 5. The zero-order chi connectivity index (χ0) is 18.1. The number of amides is 1. The highest BCUT2D eigenvalue weighted by atomic mass is 16.5. The normalized spacial score (nSPS) is 20.0. The third kappa shape index (κ3) is 3.51. The molecule has 0 aliphatic carbocycles. The zero-order valence-corrected chi connectivity index (χ0v) is 14.9. The van der Waals surface area contributed by atoms with E-state index in [4.69, 9.17) is 9.26 Å². The predicted octanol–water partition coefficient (Wildman–Crippen LogP) is 1.58. The van der Waals surface area contributed by atoms with Crippen molar-refractivity contribution >= 4 is 5.91 Å². The average Bonchev–Trinajstić information content (AvgIpc) is 3.15. The first-order valence-electron chi connectivity index (χ1n) is 8.37. The Labute approximate surface area is 145 Å². The number of carbonyl (C=O) groups excluding carboxylic acids is 1. The van der Waals surface area contributed by atoms with E-state index in [9.17, 15) is 9.59 Å². The molecule has 2 N–H and O–H groups in total. The number of aromatic nitrogens is 2. The van der Waals surface area contributed by atoms with Crippen LogP contribution < -0.4 is 10.9 Å². The minimum absolute atomic E-state index is 0.0854. The van der Waals surface area contributed by atoms with Gasteiger partial charge in [0.1, 0.15) is 11.3 Å². The highest BCUT2D eigenvalue weighted by Gasteiger charge is 2.32. The molecule has 2 atom stereocenters. The Hall–Kier alpha value is -2.41. The summed E-state index contributed by atoms with van der Waals surface area (Å²) in [6.45, 7) is 8.34. The minimum atomic E-state index is -0.365. The number of hydrogen-bond donors (Lipinski definition) is 2. The number of pyridine rings is 1. The third-order valence-corrected chi connectivity index (χ3v) is 4.91. The SMILES string of the molecule is Cc1cc(C[C@@H]2COC[C@@H]2NC(=O)c2c(C)c(C)c(C)[nH]c2=O)on1. The summed E-state index contributed by atoms with van der Waals surface area (Å²) in [7, 11) is 0. The summed E-state index contributed by atoms with van der Waals surface area (Å²) in [6, 6.07) is 1.72. The van der Waals surface area contributed by atoms with Crippen molar-refractivity contribution in [2.24, 2.45) is 5.92 Å². The highest BCUT2D eigenvalue weighted by Crippen LogP contribution is 2.20. The molecular formula is C18H23N3O4. The second-order valence-corrected chi connectivity index (χ2v) is 6.72. The minimum Gasteiger partial charge on any atom is -0.379 e. The first kappa shape index (κ1) is 17.4. The first-order valence-corrected chi connectivity index (χ1v) is 8.37. The number of nitrogens with zero attached hydrogens (tertiary/aromatic N) is 1. The van der Waals surface area contributed by atoms with Gasteiger partial charge in [-0.2, -0.15) is 0 Å². The Morgan fingerprint density at radius 3 is 2.72 bits per heavy atom. The Bertz CT molecular complexity index is 852. The van der Waals surface area contributed by atoms with Gasteiger partial charge in [-0.1, -0.05) is 5.16 Å². The van der Waals surface area contributed by atoms with Crippen molar-refractivity contribution in [3.05, 3.63) is 50.3 Å². The topological polar surface area (TPSA) is 97.2 Å². The predicted molar refractivity (Wildman–Crippen MR) is 91.8 cm³/mol. The summed E-state index contributed by atoms with van der Waals surface area (Å²) in [5.74, 6) is 0.491. The highest BCUT2D eigenvalue weighted by molar-refractivity contribution is 5.95. The molecule has 0 aromatic carbocycles. The Kier molecular flexibility index (Phi) is 4.76. The lowest BCUT2D eigenvalue weighted by atomic mass is 9.97. The van der Waals surface area contributed by atoms with Crippen LogP contribution in [0.5, 0.6) is 0 Å². The van der Waals surface area contributed by atoms with Gasteiger partial charge in [-0.25, -0.2) is 0 Å². The maximum atomic E-state index is 12.7. The van der Waals surface area contributed by atoms with E-state index in [0.717, 1.165) is 22.7 Å². The molecule has 3 rings (SSSR count). The second kappa shape index (κ2) is 6.84. The van der Waals surface area contributed by atoms with E-state index in [0.29, 0.717) is 25.2 Å². The molecule has 2 aromatic heterocycles. The summed E-state index contributed by atoms with van der Waals surface area (Å²) >= 11 is 0. The molecule has 1 amide bonds. The van der Waals surface area contributed by atoms with Gasteiger partial charge in [-0.05, 0) is 38.8 Å². The fourth-order valence-corrected chi connectivity index (χ4v) is 3.21. The van der Waals surface area contributed by atoms with Gasteiger partial charge >= 0.3 is 0 Å². The molecule has 134 valence electrons. The standard InChI is InChI=1S/C18H23N3O4/c1-9-5-14(25-21-9)6-13-7-24-8-15(13)20-18(23)16-11(3)10(2)12(4)19-17(16)22/h5,13,15H,6-8H2,1-4H3,(H,19,22)(H,20,23)/t13-,15+/m1/s1. The molecule has 1 aliphatic heterocycles. The number of nitrogens with one attached hydrogen (secondary N) is 2. The maximum Gasteiger partial charge on any atom is 0.261 e. The van der Waals surface area contributed by atoms with E-state index >= 15 is 0 Å². The van der Waals surface area contributed by atoms with Crippen LogP contribution in [0.1, 0.15) is 38.6 Å². The zero-order valence-electron chi connectivity index (χ0n) is 14.9. The van der Waals surface area contributed by atoms with Gasteiger partial charge in [0.15, 0.2) is 0 Å². The maximum absolute atomic E-state index is 12.7.